The maximum Gasteiger partial charge on any atom is 0.0563 e. The monoisotopic (exact) mass is 264 g/mol. The molecule has 72 valence electrons. The van der Waals surface area contributed by atoms with Gasteiger partial charge < -0.3 is 0 Å². The van der Waals surface area contributed by atoms with Crippen LogP contribution in [0.4, 0.5) is 0 Å². The largest absolute Gasteiger partial charge is 0.0931 e. The van der Waals surface area contributed by atoms with Crippen molar-refractivity contribution in [3.63, 3.8) is 0 Å². The second-order valence-corrected chi connectivity index (χ2v) is 6.19. The van der Waals surface area contributed by atoms with Gasteiger partial charge in [-0.2, -0.15) is 0 Å². The molecule has 0 N–H and O–H groups in total. The summed E-state index contributed by atoms with van der Waals surface area (Å²) in [7, 11) is -0.0802. The van der Waals surface area contributed by atoms with E-state index in [2.05, 4.69) is 58.4 Å². The molecule has 0 heterocycles. The van der Waals surface area contributed by atoms with Gasteiger partial charge in [-0.05, 0) is 16.8 Å². The zero-order valence-corrected chi connectivity index (χ0v) is 11.0. The van der Waals surface area contributed by atoms with E-state index in [0.29, 0.717) is 0 Å². The van der Waals surface area contributed by atoms with Crippen LogP contribution in [0.2, 0.25) is 6.04 Å². The van der Waals surface area contributed by atoms with Crippen LogP contribution in [0.15, 0.2) is 42.5 Å². The van der Waals surface area contributed by atoms with Crippen molar-refractivity contribution >= 4 is 41.4 Å². The highest BCUT2D eigenvalue weighted by molar-refractivity contribution is 9.09. The molecule has 0 amide bonds. The molecule has 2 aromatic carbocycles. The molecule has 2 rings (SSSR count). The highest BCUT2D eigenvalue weighted by Crippen LogP contribution is 2.10. The molecule has 2 heteroatoms. The first-order valence-electron chi connectivity index (χ1n) is 4.94. The van der Waals surface area contributed by atoms with Crippen molar-refractivity contribution in [3.8, 4) is 0 Å². The van der Waals surface area contributed by atoms with Crippen molar-refractivity contribution in [2.45, 2.75) is 6.04 Å². The lowest BCUT2D eigenvalue weighted by Gasteiger charge is -2.04. The van der Waals surface area contributed by atoms with E-state index in [1.54, 1.807) is 5.19 Å². The standard InChI is InChI=1S/C12H13BrSi/c13-8-9-14-12-7-3-5-10-4-1-2-6-11(10)12/h1-7H,8-9,14H2. The van der Waals surface area contributed by atoms with E-state index in [1.807, 2.05) is 0 Å². The lowest BCUT2D eigenvalue weighted by Crippen LogP contribution is -2.14. The average Bonchev–Trinajstić information content (AvgIpc) is 2.26. The molecule has 0 fully saturated rings. The van der Waals surface area contributed by atoms with E-state index in [9.17, 15) is 0 Å². The summed E-state index contributed by atoms with van der Waals surface area (Å²) < 4.78 is 0. The summed E-state index contributed by atoms with van der Waals surface area (Å²) in [6.07, 6.45) is 0. The zero-order chi connectivity index (χ0) is 9.80. The summed E-state index contributed by atoms with van der Waals surface area (Å²) in [6.45, 7) is 0. The SMILES string of the molecule is BrCC[SiH2]c1cccc2ccccc12. The minimum Gasteiger partial charge on any atom is -0.0931 e. The van der Waals surface area contributed by atoms with E-state index in [4.69, 9.17) is 0 Å². The molecule has 0 aromatic heterocycles. The van der Waals surface area contributed by atoms with E-state index in [1.165, 1.54) is 16.8 Å². The van der Waals surface area contributed by atoms with Crippen LogP contribution in [0.1, 0.15) is 0 Å². The smallest absolute Gasteiger partial charge is 0.0563 e. The molecule has 0 radical (unpaired) electrons. The number of hydrogen-bond donors (Lipinski definition) is 0. The fraction of sp³-hybridized carbons (Fsp3) is 0.167. The molecule has 0 aliphatic carbocycles. The minimum absolute atomic E-state index is 0.0802. The Balaban J connectivity index is 2.43. The van der Waals surface area contributed by atoms with Crippen molar-refractivity contribution in [1.29, 1.82) is 0 Å². The molecule has 0 saturated heterocycles. The number of hydrogen-bond acceptors (Lipinski definition) is 0. The Labute approximate surface area is 95.3 Å². The third-order valence-corrected chi connectivity index (χ3v) is 5.92. The molecule has 2 aromatic rings. The van der Waals surface area contributed by atoms with Crippen LogP contribution in [-0.4, -0.2) is 14.8 Å². The molecule has 14 heavy (non-hydrogen) atoms. The van der Waals surface area contributed by atoms with E-state index < -0.39 is 0 Å². The third kappa shape index (κ3) is 2.07. The van der Waals surface area contributed by atoms with Gasteiger partial charge in [0.1, 0.15) is 0 Å². The Bertz CT molecular complexity index is 420. The highest BCUT2D eigenvalue weighted by atomic mass is 79.9. The number of benzene rings is 2. The molecule has 0 spiro atoms. The first-order valence-corrected chi connectivity index (χ1v) is 7.77. The molecule has 0 nitrogen and oxygen atoms in total. The molecule has 0 atom stereocenters. The number of fused-ring (bicyclic) bond motifs is 1. The van der Waals surface area contributed by atoms with Crippen LogP contribution in [0.5, 0.6) is 0 Å². The molecule has 0 bridgehead atoms. The molecule has 0 aliphatic rings. The Morgan fingerprint density at radius 1 is 1.00 bits per heavy atom. The summed E-state index contributed by atoms with van der Waals surface area (Å²) in [5.41, 5.74) is 0. The number of rotatable bonds is 3. The summed E-state index contributed by atoms with van der Waals surface area (Å²) >= 11 is 3.51. The lowest BCUT2D eigenvalue weighted by molar-refractivity contribution is 1.51. The quantitative estimate of drug-likeness (QED) is 0.590. The van der Waals surface area contributed by atoms with Gasteiger partial charge >= 0.3 is 0 Å². The normalized spacial score (nSPS) is 11.5. The Morgan fingerprint density at radius 2 is 1.79 bits per heavy atom. The van der Waals surface area contributed by atoms with Gasteiger partial charge in [0.25, 0.3) is 0 Å². The maximum atomic E-state index is 3.51. The molecular weight excluding hydrogens is 252 g/mol. The van der Waals surface area contributed by atoms with Crippen LogP contribution in [0.3, 0.4) is 0 Å². The van der Waals surface area contributed by atoms with Gasteiger partial charge in [-0.15, -0.1) is 0 Å². The third-order valence-electron chi connectivity index (χ3n) is 2.46. The van der Waals surface area contributed by atoms with E-state index >= 15 is 0 Å². The van der Waals surface area contributed by atoms with Crippen molar-refractivity contribution in [2.75, 3.05) is 5.33 Å². The fourth-order valence-corrected chi connectivity index (χ4v) is 4.02. The van der Waals surface area contributed by atoms with Crippen LogP contribution in [-0.2, 0) is 0 Å². The van der Waals surface area contributed by atoms with Gasteiger partial charge in [0.2, 0.25) is 0 Å². The predicted molar refractivity (Wildman–Crippen MR) is 70.7 cm³/mol. The topological polar surface area (TPSA) is 0 Å². The summed E-state index contributed by atoms with van der Waals surface area (Å²) in [5, 5.41) is 5.58. The second kappa shape index (κ2) is 4.76. The molecule has 0 aliphatic heterocycles. The second-order valence-electron chi connectivity index (χ2n) is 3.43. The Hall–Kier alpha value is -0.603. The first kappa shape index (κ1) is 9.93. The molecular formula is C12H13BrSi. The molecule has 0 saturated carbocycles. The van der Waals surface area contributed by atoms with Crippen LogP contribution < -0.4 is 5.19 Å². The lowest BCUT2D eigenvalue weighted by atomic mass is 10.1. The number of halogens is 1. The maximum absolute atomic E-state index is 3.51. The van der Waals surface area contributed by atoms with Gasteiger partial charge in [0, 0.05) is 5.33 Å². The zero-order valence-electron chi connectivity index (χ0n) is 8.04. The Kier molecular flexibility index (Phi) is 3.38. The van der Waals surface area contributed by atoms with Gasteiger partial charge in [-0.25, -0.2) is 0 Å². The highest BCUT2D eigenvalue weighted by Gasteiger charge is 1.99. The number of alkyl halides is 1. The van der Waals surface area contributed by atoms with Crippen molar-refractivity contribution in [2.24, 2.45) is 0 Å². The summed E-state index contributed by atoms with van der Waals surface area (Å²) in [4.78, 5) is 0. The summed E-state index contributed by atoms with van der Waals surface area (Å²) in [6, 6.07) is 16.7. The Morgan fingerprint density at radius 3 is 2.64 bits per heavy atom. The first-order chi connectivity index (χ1) is 6.92. The molecule has 0 unspecified atom stereocenters. The van der Waals surface area contributed by atoms with Gasteiger partial charge in [0.15, 0.2) is 0 Å². The summed E-state index contributed by atoms with van der Waals surface area (Å²) in [5.74, 6) is 0. The van der Waals surface area contributed by atoms with Crippen LogP contribution in [0.25, 0.3) is 10.8 Å². The average molecular weight is 265 g/mol. The minimum atomic E-state index is -0.0802. The van der Waals surface area contributed by atoms with Crippen molar-refractivity contribution in [3.05, 3.63) is 42.5 Å². The van der Waals surface area contributed by atoms with Gasteiger partial charge in [0.05, 0.1) is 9.52 Å². The fourth-order valence-electron chi connectivity index (χ4n) is 1.77. The van der Waals surface area contributed by atoms with E-state index in [-0.39, 0.29) is 9.52 Å². The van der Waals surface area contributed by atoms with Crippen molar-refractivity contribution < 1.29 is 0 Å². The van der Waals surface area contributed by atoms with Gasteiger partial charge in [-0.3, -0.25) is 0 Å². The predicted octanol–water partition coefficient (Wildman–Crippen LogP) is 2.45. The van der Waals surface area contributed by atoms with Gasteiger partial charge in [-0.1, -0.05) is 63.6 Å². The van der Waals surface area contributed by atoms with E-state index in [0.717, 1.165) is 5.33 Å². The van der Waals surface area contributed by atoms with Crippen LogP contribution in [0, 0.1) is 0 Å². The van der Waals surface area contributed by atoms with Crippen LogP contribution >= 0.6 is 15.9 Å². The van der Waals surface area contributed by atoms with Crippen molar-refractivity contribution in [1.82, 2.24) is 0 Å².